The predicted octanol–water partition coefficient (Wildman–Crippen LogP) is 1.39. The van der Waals surface area contributed by atoms with E-state index < -0.39 is 19.0 Å². The third kappa shape index (κ3) is 4.97. The number of carbonyl (C=O) groups is 2. The normalized spacial score (nSPS) is 15.6. The lowest BCUT2D eigenvalue weighted by molar-refractivity contribution is -0.121. The van der Waals surface area contributed by atoms with Gasteiger partial charge in [-0.15, -0.1) is 0 Å². The minimum atomic E-state index is -1.27. The van der Waals surface area contributed by atoms with Crippen LogP contribution in [-0.2, 0) is 16.0 Å². The molecule has 1 aliphatic rings. The number of hydrogen-bond acceptors (Lipinski definition) is 6. The number of carbonyl (C=O) groups excluding carboxylic acids is 2. The number of fused-ring (bicyclic) bond motifs is 1. The Bertz CT molecular complexity index is 673. The molecule has 0 bridgehead atoms. The van der Waals surface area contributed by atoms with Crippen molar-refractivity contribution in [2.45, 2.75) is 45.0 Å². The maximum Gasteiger partial charge on any atom is 0.547 e. The Balaban J connectivity index is 2.08. The summed E-state index contributed by atoms with van der Waals surface area (Å²) in [6, 6.07) is 6.98. The second kappa shape index (κ2) is 9.09. The highest BCUT2D eigenvalue weighted by molar-refractivity contribution is 6.47. The van der Waals surface area contributed by atoms with Crippen molar-refractivity contribution in [1.82, 2.24) is 5.32 Å². The van der Waals surface area contributed by atoms with E-state index in [0.717, 1.165) is 12.8 Å². The molecule has 0 aromatic heterocycles. The van der Waals surface area contributed by atoms with Gasteiger partial charge in [-0.2, -0.15) is 5.26 Å². The number of rotatable bonds is 7. The molecule has 8 heteroatoms. The molecule has 1 aromatic rings. The summed E-state index contributed by atoms with van der Waals surface area (Å²) in [6.07, 6.45) is 2.20. The van der Waals surface area contributed by atoms with E-state index >= 15 is 0 Å². The summed E-state index contributed by atoms with van der Waals surface area (Å²) in [4.78, 5) is 23.9. The summed E-state index contributed by atoms with van der Waals surface area (Å²) >= 11 is 0. The number of ether oxygens (including phenoxy) is 1. The molecule has 0 spiro atoms. The molecule has 132 valence electrons. The minimum Gasteiger partial charge on any atom is -0.534 e. The van der Waals surface area contributed by atoms with Crippen LogP contribution in [0, 0.1) is 11.3 Å². The topological polar surface area (TPSA) is 109 Å². The van der Waals surface area contributed by atoms with Crippen LogP contribution >= 0.6 is 0 Å². The highest BCUT2D eigenvalue weighted by atomic mass is 16.5. The second-order valence-electron chi connectivity index (χ2n) is 5.83. The van der Waals surface area contributed by atoms with Crippen LogP contribution < -0.4 is 9.97 Å². The molecular formula is C17H21BN2O5. The molecule has 1 amide bonds. The molecule has 2 rings (SSSR count). The van der Waals surface area contributed by atoms with Gasteiger partial charge < -0.3 is 19.7 Å². The number of nitrogens with one attached hydrogen (secondary N) is 1. The van der Waals surface area contributed by atoms with Crippen molar-refractivity contribution in [3.05, 3.63) is 29.3 Å². The number of nitriles is 1. The maximum atomic E-state index is 12.2. The summed E-state index contributed by atoms with van der Waals surface area (Å²) < 4.78 is 10.7. The van der Waals surface area contributed by atoms with Crippen molar-refractivity contribution in [3.63, 3.8) is 0 Å². The van der Waals surface area contributed by atoms with Crippen molar-refractivity contribution in [2.75, 3.05) is 6.61 Å². The van der Waals surface area contributed by atoms with Crippen LogP contribution in [-0.4, -0.2) is 36.6 Å². The molecule has 2 N–H and O–H groups in total. The average molecular weight is 344 g/mol. The van der Waals surface area contributed by atoms with E-state index in [-0.39, 0.29) is 24.3 Å². The molecule has 1 atom stereocenters. The lowest BCUT2D eigenvalue weighted by atomic mass is 9.72. The fourth-order valence-electron chi connectivity index (χ4n) is 2.54. The SMILES string of the molecule is CCCCOC(=O)c1cccc2c1OB(O)C(NC(=O)CCC#N)C2. The number of hydrogen-bond donors (Lipinski definition) is 2. The summed E-state index contributed by atoms with van der Waals surface area (Å²) in [5.41, 5.74) is 0.975. The smallest absolute Gasteiger partial charge is 0.534 e. The molecule has 0 aliphatic carbocycles. The molecule has 1 aromatic carbocycles. The van der Waals surface area contributed by atoms with Gasteiger partial charge in [0, 0.05) is 12.8 Å². The van der Waals surface area contributed by atoms with E-state index in [9.17, 15) is 14.6 Å². The third-order valence-corrected chi connectivity index (χ3v) is 3.88. The number of unbranched alkanes of at least 4 members (excludes halogenated alkanes) is 1. The molecule has 0 saturated heterocycles. The molecule has 1 unspecified atom stereocenters. The summed E-state index contributed by atoms with van der Waals surface area (Å²) in [6.45, 7) is 2.34. The van der Waals surface area contributed by atoms with E-state index in [0.29, 0.717) is 24.3 Å². The summed E-state index contributed by atoms with van der Waals surface area (Å²) in [5, 5.41) is 21.3. The van der Waals surface area contributed by atoms with Crippen LogP contribution in [0.5, 0.6) is 5.75 Å². The monoisotopic (exact) mass is 344 g/mol. The Labute approximate surface area is 147 Å². The van der Waals surface area contributed by atoms with Crippen LogP contribution in [0.2, 0.25) is 0 Å². The van der Waals surface area contributed by atoms with Gasteiger partial charge in [-0.05, 0) is 24.5 Å². The van der Waals surface area contributed by atoms with Crippen molar-refractivity contribution in [2.24, 2.45) is 0 Å². The lowest BCUT2D eigenvalue weighted by Gasteiger charge is -2.29. The van der Waals surface area contributed by atoms with Gasteiger partial charge in [-0.3, -0.25) is 4.79 Å². The minimum absolute atomic E-state index is 0.0658. The zero-order chi connectivity index (χ0) is 18.2. The van der Waals surface area contributed by atoms with E-state index in [4.69, 9.17) is 14.7 Å². The fourth-order valence-corrected chi connectivity index (χ4v) is 2.54. The van der Waals surface area contributed by atoms with Crippen molar-refractivity contribution >= 4 is 19.0 Å². The number of esters is 1. The van der Waals surface area contributed by atoms with E-state index in [2.05, 4.69) is 5.32 Å². The van der Waals surface area contributed by atoms with Crippen molar-refractivity contribution < 1.29 is 24.0 Å². The maximum absolute atomic E-state index is 12.2. The molecule has 1 heterocycles. The second-order valence-corrected chi connectivity index (χ2v) is 5.83. The Hall–Kier alpha value is -2.53. The van der Waals surface area contributed by atoms with Gasteiger partial charge in [0.15, 0.2) is 0 Å². The first-order valence-electron chi connectivity index (χ1n) is 8.36. The Morgan fingerprint density at radius 2 is 2.32 bits per heavy atom. The van der Waals surface area contributed by atoms with Crippen LogP contribution in [0.1, 0.15) is 48.5 Å². The van der Waals surface area contributed by atoms with Gasteiger partial charge in [0.25, 0.3) is 0 Å². The van der Waals surface area contributed by atoms with Gasteiger partial charge in [0.2, 0.25) is 5.91 Å². The van der Waals surface area contributed by atoms with Crippen LogP contribution in [0.25, 0.3) is 0 Å². The molecule has 25 heavy (non-hydrogen) atoms. The first kappa shape index (κ1) is 18.8. The Morgan fingerprint density at radius 3 is 3.04 bits per heavy atom. The third-order valence-electron chi connectivity index (χ3n) is 3.88. The molecule has 0 fully saturated rings. The van der Waals surface area contributed by atoms with Gasteiger partial charge in [-0.25, -0.2) is 4.79 Å². The molecular weight excluding hydrogens is 323 g/mol. The van der Waals surface area contributed by atoms with E-state index in [1.54, 1.807) is 18.2 Å². The van der Waals surface area contributed by atoms with E-state index in [1.807, 2.05) is 13.0 Å². The number of para-hydroxylation sites is 1. The van der Waals surface area contributed by atoms with E-state index in [1.165, 1.54) is 0 Å². The highest BCUT2D eigenvalue weighted by Crippen LogP contribution is 2.30. The molecule has 1 aliphatic heterocycles. The zero-order valence-electron chi connectivity index (χ0n) is 14.2. The lowest BCUT2D eigenvalue weighted by Crippen LogP contribution is -2.53. The number of benzene rings is 1. The van der Waals surface area contributed by atoms with Gasteiger partial charge in [-0.1, -0.05) is 25.5 Å². The largest absolute Gasteiger partial charge is 0.547 e. The van der Waals surface area contributed by atoms with Crippen molar-refractivity contribution in [3.8, 4) is 11.8 Å². The van der Waals surface area contributed by atoms with Crippen LogP contribution in [0.4, 0.5) is 0 Å². The molecule has 0 radical (unpaired) electrons. The number of nitrogens with zero attached hydrogens (tertiary/aromatic N) is 1. The number of amides is 1. The highest BCUT2D eigenvalue weighted by Gasteiger charge is 2.37. The Kier molecular flexibility index (Phi) is 6.84. The van der Waals surface area contributed by atoms with Crippen LogP contribution in [0.3, 0.4) is 0 Å². The van der Waals surface area contributed by atoms with Crippen LogP contribution in [0.15, 0.2) is 18.2 Å². The summed E-state index contributed by atoms with van der Waals surface area (Å²) in [5.74, 6) is -1.16. The Morgan fingerprint density at radius 1 is 1.52 bits per heavy atom. The predicted molar refractivity (Wildman–Crippen MR) is 90.7 cm³/mol. The fraction of sp³-hybridized carbons (Fsp3) is 0.471. The van der Waals surface area contributed by atoms with Crippen molar-refractivity contribution in [1.29, 1.82) is 5.26 Å². The standard InChI is InChI=1S/C17H21BN2O5/c1-2-3-10-24-17(22)13-7-4-6-12-11-14(18(23)25-16(12)13)20-15(21)8-5-9-19/h4,6-7,14,23H,2-3,5,8,10-11H2,1H3,(H,20,21). The summed E-state index contributed by atoms with van der Waals surface area (Å²) in [7, 11) is -1.27. The first-order chi connectivity index (χ1) is 12.1. The van der Waals surface area contributed by atoms with Gasteiger partial charge in [0.1, 0.15) is 11.3 Å². The van der Waals surface area contributed by atoms with Gasteiger partial charge in [0.05, 0.1) is 18.6 Å². The average Bonchev–Trinajstić information content (AvgIpc) is 2.60. The molecule has 7 nitrogen and oxygen atoms in total. The molecule has 0 saturated carbocycles. The quantitative estimate of drug-likeness (QED) is 0.440. The zero-order valence-corrected chi connectivity index (χ0v) is 14.2. The first-order valence-corrected chi connectivity index (χ1v) is 8.36. The van der Waals surface area contributed by atoms with Gasteiger partial charge >= 0.3 is 13.1 Å².